The Morgan fingerprint density at radius 1 is 1.26 bits per heavy atom. The number of ether oxygens (including phenoxy) is 1. The molecule has 0 unspecified atom stereocenters. The first-order chi connectivity index (χ1) is 8.83. The van der Waals surface area contributed by atoms with Crippen molar-refractivity contribution in [1.82, 2.24) is 4.72 Å². The van der Waals surface area contributed by atoms with Crippen LogP contribution in [0.4, 0.5) is 4.79 Å². The summed E-state index contributed by atoms with van der Waals surface area (Å²) in [5.41, 5.74) is 10.7. The van der Waals surface area contributed by atoms with Gasteiger partial charge in [-0.25, -0.2) is 17.9 Å². The lowest BCUT2D eigenvalue weighted by molar-refractivity contribution is 0.159. The fourth-order valence-electron chi connectivity index (χ4n) is 1.21. The highest BCUT2D eigenvalue weighted by molar-refractivity contribution is 7.89. The number of carbonyl (C=O) groups excluding carboxylic acids is 1. The number of rotatable bonds is 6. The van der Waals surface area contributed by atoms with E-state index in [4.69, 9.17) is 23.7 Å². The molecular weight excluding hydrogens is 290 g/mol. The van der Waals surface area contributed by atoms with Gasteiger partial charge in [0.05, 0.1) is 4.90 Å². The van der Waals surface area contributed by atoms with Gasteiger partial charge in [-0.05, 0) is 12.1 Å². The van der Waals surface area contributed by atoms with Gasteiger partial charge < -0.3 is 16.2 Å². The van der Waals surface area contributed by atoms with Crippen LogP contribution in [0, 0.1) is 0 Å². The first kappa shape index (κ1) is 15.3. The molecule has 1 amide bonds. The second-order valence-electron chi connectivity index (χ2n) is 3.45. The Hall–Kier alpha value is -1.71. The first-order valence-corrected chi connectivity index (χ1v) is 7.04. The summed E-state index contributed by atoms with van der Waals surface area (Å²) in [6.07, 6.45) is -0.958. The molecular formula is C10H13N3O4S2. The molecule has 0 saturated heterocycles. The molecule has 1 aromatic rings. The topological polar surface area (TPSA) is 125 Å². The van der Waals surface area contributed by atoms with E-state index >= 15 is 0 Å². The highest BCUT2D eigenvalue weighted by atomic mass is 32.2. The summed E-state index contributed by atoms with van der Waals surface area (Å²) in [4.78, 5) is 10.5. The molecule has 5 N–H and O–H groups in total. The molecule has 0 aliphatic rings. The highest BCUT2D eigenvalue weighted by Gasteiger charge is 2.13. The van der Waals surface area contributed by atoms with Gasteiger partial charge in [-0.3, -0.25) is 0 Å². The number of sulfonamides is 1. The highest BCUT2D eigenvalue weighted by Crippen LogP contribution is 2.10. The zero-order valence-electron chi connectivity index (χ0n) is 9.83. The molecule has 0 aliphatic carbocycles. The van der Waals surface area contributed by atoms with Gasteiger partial charge in [-0.15, -0.1) is 0 Å². The molecule has 7 nitrogen and oxygen atoms in total. The largest absolute Gasteiger partial charge is 0.448 e. The summed E-state index contributed by atoms with van der Waals surface area (Å²) in [5.74, 6) is 0. The molecule has 0 aromatic heterocycles. The molecule has 0 heterocycles. The van der Waals surface area contributed by atoms with Gasteiger partial charge in [-0.2, -0.15) is 0 Å². The number of nitrogens with one attached hydrogen (secondary N) is 1. The lowest BCUT2D eigenvalue weighted by Crippen LogP contribution is -2.29. The van der Waals surface area contributed by atoms with Gasteiger partial charge in [-0.1, -0.05) is 24.4 Å². The monoisotopic (exact) mass is 303 g/mol. The van der Waals surface area contributed by atoms with Gasteiger partial charge in [0.25, 0.3) is 0 Å². The minimum Gasteiger partial charge on any atom is -0.448 e. The number of nitrogens with two attached hydrogens (primary N) is 2. The van der Waals surface area contributed by atoms with E-state index in [9.17, 15) is 13.2 Å². The zero-order valence-corrected chi connectivity index (χ0v) is 11.5. The van der Waals surface area contributed by atoms with E-state index in [-0.39, 0.29) is 23.0 Å². The van der Waals surface area contributed by atoms with Crippen molar-refractivity contribution in [2.24, 2.45) is 11.5 Å². The predicted octanol–water partition coefficient (Wildman–Crippen LogP) is -0.306. The van der Waals surface area contributed by atoms with Crippen molar-refractivity contribution in [2.75, 3.05) is 13.2 Å². The van der Waals surface area contributed by atoms with E-state index in [0.29, 0.717) is 5.56 Å². The number of hydrogen-bond acceptors (Lipinski definition) is 5. The Morgan fingerprint density at radius 3 is 2.32 bits per heavy atom. The average Bonchev–Trinajstić information content (AvgIpc) is 2.34. The van der Waals surface area contributed by atoms with Gasteiger partial charge in [0.2, 0.25) is 10.0 Å². The molecule has 0 aliphatic heterocycles. The van der Waals surface area contributed by atoms with Crippen molar-refractivity contribution >= 4 is 33.3 Å². The van der Waals surface area contributed by atoms with Crippen LogP contribution in [0.15, 0.2) is 29.2 Å². The average molecular weight is 303 g/mol. The molecule has 1 rings (SSSR count). The van der Waals surface area contributed by atoms with E-state index < -0.39 is 16.1 Å². The second-order valence-corrected chi connectivity index (χ2v) is 5.66. The Kier molecular flexibility index (Phi) is 5.21. The standard InChI is InChI=1S/C10H13N3O4S2/c11-9(18)7-1-3-8(4-2-7)19(15,16)13-5-6-17-10(12)14/h1-4,13H,5-6H2,(H2,11,18)(H2,12,14). The van der Waals surface area contributed by atoms with Crippen molar-refractivity contribution in [3.05, 3.63) is 29.8 Å². The minimum absolute atomic E-state index is 0.0616. The number of hydrogen-bond donors (Lipinski definition) is 3. The molecule has 9 heteroatoms. The molecule has 104 valence electrons. The maximum atomic E-state index is 11.8. The van der Waals surface area contributed by atoms with E-state index in [1.807, 2.05) is 0 Å². The first-order valence-electron chi connectivity index (χ1n) is 5.14. The van der Waals surface area contributed by atoms with Crippen LogP contribution < -0.4 is 16.2 Å². The third-order valence-electron chi connectivity index (χ3n) is 2.09. The maximum Gasteiger partial charge on any atom is 0.404 e. The van der Waals surface area contributed by atoms with Gasteiger partial charge in [0.15, 0.2) is 0 Å². The molecule has 0 atom stereocenters. The summed E-state index contributed by atoms with van der Waals surface area (Å²) < 4.78 is 30.3. The summed E-state index contributed by atoms with van der Waals surface area (Å²) in [5, 5.41) is 0. The van der Waals surface area contributed by atoms with Crippen LogP contribution in [0.3, 0.4) is 0 Å². The van der Waals surface area contributed by atoms with Gasteiger partial charge >= 0.3 is 6.09 Å². The SMILES string of the molecule is NC(=O)OCCNS(=O)(=O)c1ccc(C(N)=S)cc1. The Labute approximate surface area is 116 Å². The summed E-state index contributed by atoms with van der Waals surface area (Å²) in [6.45, 7) is -0.206. The number of primary amides is 1. The molecule has 0 fully saturated rings. The Morgan fingerprint density at radius 2 is 1.84 bits per heavy atom. The van der Waals surface area contributed by atoms with Crippen molar-refractivity contribution in [2.45, 2.75) is 4.90 Å². The smallest absolute Gasteiger partial charge is 0.404 e. The molecule has 0 radical (unpaired) electrons. The van der Waals surface area contributed by atoms with Crippen LogP contribution in [-0.4, -0.2) is 32.7 Å². The summed E-state index contributed by atoms with van der Waals surface area (Å²) >= 11 is 4.76. The summed E-state index contributed by atoms with van der Waals surface area (Å²) in [6, 6.07) is 5.78. The molecule has 0 bridgehead atoms. The predicted molar refractivity (Wildman–Crippen MR) is 73.1 cm³/mol. The van der Waals surface area contributed by atoms with Gasteiger partial charge in [0, 0.05) is 12.1 Å². The lowest BCUT2D eigenvalue weighted by Gasteiger charge is -2.07. The fourth-order valence-corrected chi connectivity index (χ4v) is 2.36. The Balaban J connectivity index is 2.66. The Bertz CT molecular complexity index is 569. The maximum absolute atomic E-state index is 11.8. The zero-order chi connectivity index (χ0) is 14.5. The fraction of sp³-hybridized carbons (Fsp3) is 0.200. The van der Waals surface area contributed by atoms with Crippen LogP contribution in [0.25, 0.3) is 0 Å². The second kappa shape index (κ2) is 6.45. The molecule has 0 saturated carbocycles. The van der Waals surface area contributed by atoms with E-state index in [0.717, 1.165) is 0 Å². The van der Waals surface area contributed by atoms with E-state index in [1.54, 1.807) is 0 Å². The molecule has 1 aromatic carbocycles. The number of amides is 1. The van der Waals surface area contributed by atoms with Crippen molar-refractivity contribution in [3.63, 3.8) is 0 Å². The quantitative estimate of drug-likeness (QED) is 0.489. The van der Waals surface area contributed by atoms with Crippen molar-refractivity contribution in [1.29, 1.82) is 0 Å². The van der Waals surface area contributed by atoms with Crippen LogP contribution in [0.1, 0.15) is 5.56 Å². The van der Waals surface area contributed by atoms with Crippen LogP contribution in [0.2, 0.25) is 0 Å². The summed E-state index contributed by atoms with van der Waals surface area (Å²) in [7, 11) is -3.67. The van der Waals surface area contributed by atoms with Crippen LogP contribution in [0.5, 0.6) is 0 Å². The number of thiocarbonyl (C=S) groups is 1. The van der Waals surface area contributed by atoms with Crippen molar-refractivity contribution in [3.8, 4) is 0 Å². The normalized spacial score (nSPS) is 10.9. The van der Waals surface area contributed by atoms with E-state index in [2.05, 4.69) is 9.46 Å². The van der Waals surface area contributed by atoms with Crippen molar-refractivity contribution < 1.29 is 17.9 Å². The third kappa shape index (κ3) is 4.81. The van der Waals surface area contributed by atoms with Crippen LogP contribution in [-0.2, 0) is 14.8 Å². The van der Waals surface area contributed by atoms with Gasteiger partial charge in [0.1, 0.15) is 11.6 Å². The molecule has 19 heavy (non-hydrogen) atoms. The van der Waals surface area contributed by atoms with Crippen LogP contribution >= 0.6 is 12.2 Å². The van der Waals surface area contributed by atoms with E-state index in [1.165, 1.54) is 24.3 Å². The minimum atomic E-state index is -3.67. The molecule has 0 spiro atoms. The lowest BCUT2D eigenvalue weighted by atomic mass is 10.2. The number of carbonyl (C=O) groups is 1. The number of benzene rings is 1. The third-order valence-corrected chi connectivity index (χ3v) is 3.80.